The summed E-state index contributed by atoms with van der Waals surface area (Å²) in [6.45, 7) is 3.01. The van der Waals surface area contributed by atoms with Gasteiger partial charge in [-0.05, 0) is 5.56 Å². The van der Waals surface area contributed by atoms with Crippen LogP contribution in [-0.4, -0.2) is 43.0 Å². The van der Waals surface area contributed by atoms with E-state index >= 15 is 0 Å². The van der Waals surface area contributed by atoms with Crippen LogP contribution in [0.15, 0.2) is 30.3 Å². The SMILES string of the molecule is BrCC1COC2(CCNCC2)O1.NC(=O)OCc1ccccc1. The molecular weight excluding hydrogens is 364 g/mol. The molecule has 128 valence electrons. The van der Waals surface area contributed by atoms with E-state index in [4.69, 9.17) is 15.2 Å². The maximum atomic E-state index is 10.2. The van der Waals surface area contributed by atoms with Gasteiger partial charge in [0.05, 0.1) is 12.7 Å². The Kier molecular flexibility index (Phi) is 7.29. The lowest BCUT2D eigenvalue weighted by atomic mass is 10.1. The van der Waals surface area contributed by atoms with Gasteiger partial charge in [0.2, 0.25) is 0 Å². The Morgan fingerprint density at radius 1 is 1.35 bits per heavy atom. The van der Waals surface area contributed by atoms with Crippen molar-refractivity contribution >= 4 is 22.0 Å². The summed E-state index contributed by atoms with van der Waals surface area (Å²) in [5.74, 6) is -0.246. The first-order valence-electron chi connectivity index (χ1n) is 7.68. The van der Waals surface area contributed by atoms with Crippen LogP contribution in [0.4, 0.5) is 4.79 Å². The predicted molar refractivity (Wildman–Crippen MR) is 90.3 cm³/mol. The Morgan fingerprint density at radius 3 is 2.61 bits per heavy atom. The van der Waals surface area contributed by atoms with Gasteiger partial charge in [0.25, 0.3) is 0 Å². The van der Waals surface area contributed by atoms with Crippen LogP contribution in [0.1, 0.15) is 18.4 Å². The fourth-order valence-corrected chi connectivity index (χ4v) is 2.81. The fraction of sp³-hybridized carbons (Fsp3) is 0.562. The molecule has 0 aliphatic carbocycles. The summed E-state index contributed by atoms with van der Waals surface area (Å²) in [5.41, 5.74) is 5.72. The Balaban J connectivity index is 0.000000168. The minimum Gasteiger partial charge on any atom is -0.445 e. The smallest absolute Gasteiger partial charge is 0.404 e. The molecule has 0 radical (unpaired) electrons. The first-order chi connectivity index (χ1) is 11.1. The van der Waals surface area contributed by atoms with Crippen LogP contribution < -0.4 is 11.1 Å². The summed E-state index contributed by atoms with van der Waals surface area (Å²) < 4.78 is 16.1. The first-order valence-corrected chi connectivity index (χ1v) is 8.80. The van der Waals surface area contributed by atoms with Crippen LogP contribution in [0.2, 0.25) is 0 Å². The average Bonchev–Trinajstić information content (AvgIpc) is 2.98. The maximum Gasteiger partial charge on any atom is 0.404 e. The van der Waals surface area contributed by atoms with Crippen molar-refractivity contribution in [3.63, 3.8) is 0 Å². The van der Waals surface area contributed by atoms with Crippen molar-refractivity contribution < 1.29 is 19.0 Å². The van der Waals surface area contributed by atoms with Crippen LogP contribution in [-0.2, 0) is 20.8 Å². The number of nitrogens with two attached hydrogens (primary N) is 1. The molecule has 2 aliphatic heterocycles. The van der Waals surface area contributed by atoms with Crippen LogP contribution in [0.25, 0.3) is 0 Å². The molecule has 2 saturated heterocycles. The van der Waals surface area contributed by atoms with E-state index in [-0.39, 0.29) is 18.5 Å². The second kappa shape index (κ2) is 9.22. The topological polar surface area (TPSA) is 82.8 Å². The number of carbonyl (C=O) groups is 1. The van der Waals surface area contributed by atoms with Crippen molar-refractivity contribution in [2.75, 3.05) is 25.0 Å². The lowest BCUT2D eigenvalue weighted by Crippen LogP contribution is -2.43. The van der Waals surface area contributed by atoms with E-state index in [2.05, 4.69) is 26.0 Å². The Bertz CT molecular complexity index is 480. The molecule has 3 N–H and O–H groups in total. The molecule has 2 heterocycles. The van der Waals surface area contributed by atoms with Crippen molar-refractivity contribution in [2.45, 2.75) is 31.3 Å². The van der Waals surface area contributed by atoms with Gasteiger partial charge < -0.3 is 25.3 Å². The standard InChI is InChI=1S/C8H14BrNO2.C8H9NO2/c9-5-7-6-11-8(12-7)1-3-10-4-2-8;9-8(10)11-6-7-4-2-1-3-5-7/h7,10H,1-6H2;1-5H,6H2,(H2,9,10). The molecule has 1 amide bonds. The summed E-state index contributed by atoms with van der Waals surface area (Å²) in [6, 6.07) is 9.37. The van der Waals surface area contributed by atoms with E-state index in [0.29, 0.717) is 0 Å². The number of halogens is 1. The Hall–Kier alpha value is -1.15. The van der Waals surface area contributed by atoms with Gasteiger partial charge >= 0.3 is 6.09 Å². The third kappa shape index (κ3) is 6.10. The molecule has 1 unspecified atom stereocenters. The van der Waals surface area contributed by atoms with Crippen molar-refractivity contribution in [3.05, 3.63) is 35.9 Å². The van der Waals surface area contributed by atoms with Crippen molar-refractivity contribution in [3.8, 4) is 0 Å². The summed E-state index contributed by atoms with van der Waals surface area (Å²) in [6.07, 6.45) is 1.48. The maximum absolute atomic E-state index is 10.2. The minimum absolute atomic E-state index is 0.246. The second-order valence-electron chi connectivity index (χ2n) is 5.46. The first kappa shape index (κ1) is 18.2. The molecule has 1 aromatic rings. The number of rotatable bonds is 3. The van der Waals surface area contributed by atoms with Crippen molar-refractivity contribution in [2.24, 2.45) is 5.73 Å². The largest absolute Gasteiger partial charge is 0.445 e. The highest BCUT2D eigenvalue weighted by molar-refractivity contribution is 9.09. The molecule has 2 fully saturated rings. The Morgan fingerprint density at radius 2 is 2.04 bits per heavy atom. The molecular formula is C16H23BrN2O4. The van der Waals surface area contributed by atoms with E-state index < -0.39 is 6.09 Å². The second-order valence-corrected chi connectivity index (χ2v) is 6.11. The molecule has 7 heteroatoms. The molecule has 1 aromatic carbocycles. The lowest BCUT2D eigenvalue weighted by molar-refractivity contribution is -0.180. The number of nitrogens with one attached hydrogen (secondary N) is 1. The van der Waals surface area contributed by atoms with Gasteiger partial charge in [0, 0.05) is 31.3 Å². The van der Waals surface area contributed by atoms with E-state index in [1.54, 1.807) is 0 Å². The zero-order chi connectivity index (χ0) is 16.5. The van der Waals surface area contributed by atoms with Crippen LogP contribution in [0, 0.1) is 0 Å². The van der Waals surface area contributed by atoms with E-state index in [9.17, 15) is 4.79 Å². The summed E-state index contributed by atoms with van der Waals surface area (Å²) in [7, 11) is 0. The zero-order valence-electron chi connectivity index (χ0n) is 13.0. The van der Waals surface area contributed by atoms with Gasteiger partial charge in [-0.1, -0.05) is 46.3 Å². The molecule has 2 aliphatic rings. The van der Waals surface area contributed by atoms with Gasteiger partial charge in [0.15, 0.2) is 5.79 Å². The lowest BCUT2D eigenvalue weighted by Gasteiger charge is -2.32. The van der Waals surface area contributed by atoms with Crippen molar-refractivity contribution in [1.29, 1.82) is 0 Å². The van der Waals surface area contributed by atoms with Gasteiger partial charge in [-0.3, -0.25) is 0 Å². The number of ether oxygens (including phenoxy) is 3. The normalized spacial score (nSPS) is 22.2. The van der Waals surface area contributed by atoms with E-state index in [1.807, 2.05) is 30.3 Å². The molecule has 0 bridgehead atoms. The number of carbonyl (C=O) groups excluding carboxylic acids is 1. The number of piperidine rings is 1. The number of hydrogen-bond acceptors (Lipinski definition) is 5. The molecule has 0 aromatic heterocycles. The van der Waals surface area contributed by atoms with E-state index in [1.165, 1.54) is 0 Å². The molecule has 6 nitrogen and oxygen atoms in total. The minimum atomic E-state index is -0.742. The van der Waals surface area contributed by atoms with Crippen LogP contribution in [0.3, 0.4) is 0 Å². The summed E-state index contributed by atoms with van der Waals surface area (Å²) >= 11 is 3.41. The highest BCUT2D eigenvalue weighted by atomic mass is 79.9. The predicted octanol–water partition coefficient (Wildman–Crippen LogP) is 2.16. The van der Waals surface area contributed by atoms with Crippen LogP contribution >= 0.6 is 15.9 Å². The zero-order valence-corrected chi connectivity index (χ0v) is 14.6. The molecule has 0 saturated carbocycles. The average molecular weight is 387 g/mol. The molecule has 23 heavy (non-hydrogen) atoms. The quantitative estimate of drug-likeness (QED) is 0.777. The number of hydrogen-bond donors (Lipinski definition) is 2. The fourth-order valence-electron chi connectivity index (χ4n) is 2.49. The highest BCUT2D eigenvalue weighted by Gasteiger charge is 2.41. The van der Waals surface area contributed by atoms with Crippen molar-refractivity contribution in [1.82, 2.24) is 5.32 Å². The van der Waals surface area contributed by atoms with Crippen LogP contribution in [0.5, 0.6) is 0 Å². The number of amides is 1. The summed E-state index contributed by atoms with van der Waals surface area (Å²) in [5, 5.41) is 4.17. The van der Waals surface area contributed by atoms with Gasteiger partial charge in [-0.2, -0.15) is 0 Å². The number of alkyl halides is 1. The molecule has 1 atom stereocenters. The third-order valence-corrected chi connectivity index (χ3v) is 4.40. The van der Waals surface area contributed by atoms with Gasteiger partial charge in [-0.15, -0.1) is 0 Å². The van der Waals surface area contributed by atoms with Gasteiger partial charge in [-0.25, -0.2) is 4.79 Å². The third-order valence-electron chi connectivity index (χ3n) is 3.68. The van der Waals surface area contributed by atoms with E-state index in [0.717, 1.165) is 43.4 Å². The van der Waals surface area contributed by atoms with Gasteiger partial charge in [0.1, 0.15) is 6.61 Å². The summed E-state index contributed by atoms with van der Waals surface area (Å²) in [4.78, 5) is 10.2. The number of benzene rings is 1. The monoisotopic (exact) mass is 386 g/mol. The molecule has 1 spiro atoms. The Labute approximate surface area is 144 Å². The number of primary amides is 1. The highest BCUT2D eigenvalue weighted by Crippen LogP contribution is 2.32. The molecule has 3 rings (SSSR count).